The van der Waals surface area contributed by atoms with Crippen LogP contribution in [0.2, 0.25) is 0 Å². The van der Waals surface area contributed by atoms with Crippen molar-refractivity contribution in [2.24, 2.45) is 5.92 Å². The molecule has 7 nitrogen and oxygen atoms in total. The summed E-state index contributed by atoms with van der Waals surface area (Å²) in [7, 11) is 0. The van der Waals surface area contributed by atoms with Gasteiger partial charge in [-0.2, -0.15) is 0 Å². The molecule has 2 bridgehead atoms. The average Bonchev–Trinajstić information content (AvgIpc) is 2.68. The van der Waals surface area contributed by atoms with Gasteiger partial charge in [0.2, 0.25) is 0 Å². The Kier molecular flexibility index (Phi) is 4.54. The number of aromatic nitrogens is 3. The highest BCUT2D eigenvalue weighted by Gasteiger charge is 2.41. The molecule has 0 saturated carbocycles. The van der Waals surface area contributed by atoms with Crippen LogP contribution in [0.4, 0.5) is 0 Å². The Morgan fingerprint density at radius 1 is 1.31 bits per heavy atom. The third-order valence-corrected chi connectivity index (χ3v) is 5.91. The fraction of sp³-hybridized carbons (Fsp3) is 0.444. The van der Waals surface area contributed by atoms with Crippen LogP contribution >= 0.6 is 11.8 Å². The second-order valence-corrected chi connectivity index (χ2v) is 7.54. The Bertz CT molecular complexity index is 883. The number of aliphatic hydroxyl groups is 1. The van der Waals surface area contributed by atoms with Crippen LogP contribution in [0, 0.1) is 5.92 Å². The summed E-state index contributed by atoms with van der Waals surface area (Å²) in [6.45, 7) is 0.967. The van der Waals surface area contributed by atoms with E-state index in [2.05, 4.69) is 9.97 Å². The van der Waals surface area contributed by atoms with E-state index in [1.54, 1.807) is 27.9 Å². The molecule has 2 aromatic heterocycles. The van der Waals surface area contributed by atoms with E-state index in [1.165, 1.54) is 17.8 Å². The maximum atomic E-state index is 12.9. The highest BCUT2D eigenvalue weighted by atomic mass is 32.2. The number of pyridine rings is 1. The van der Waals surface area contributed by atoms with E-state index >= 15 is 0 Å². The molecule has 0 spiro atoms. The Morgan fingerprint density at radius 3 is 2.77 bits per heavy atom. The first-order valence-electron chi connectivity index (χ1n) is 8.60. The minimum Gasteiger partial charge on any atom is -0.394 e. The van der Waals surface area contributed by atoms with Crippen molar-refractivity contribution in [3.05, 3.63) is 52.2 Å². The van der Waals surface area contributed by atoms with Crippen LogP contribution in [0.25, 0.3) is 0 Å². The quantitative estimate of drug-likeness (QED) is 0.642. The molecule has 8 heteroatoms. The van der Waals surface area contributed by atoms with E-state index < -0.39 is 0 Å². The van der Waals surface area contributed by atoms with Crippen LogP contribution in [0.15, 0.2) is 40.5 Å². The minimum absolute atomic E-state index is 0.0571. The predicted octanol–water partition coefficient (Wildman–Crippen LogP) is 1.15. The Morgan fingerprint density at radius 2 is 2.08 bits per heavy atom. The fourth-order valence-electron chi connectivity index (χ4n) is 4.16. The number of carbonyl (C=O) groups excluding carboxylic acids is 1. The molecule has 2 aliphatic heterocycles. The number of likely N-dealkylation sites (tertiary alicyclic amines) is 1. The van der Waals surface area contributed by atoms with Crippen LogP contribution in [-0.4, -0.2) is 56.4 Å². The summed E-state index contributed by atoms with van der Waals surface area (Å²) in [4.78, 5) is 35.4. The van der Waals surface area contributed by atoms with Crippen molar-refractivity contribution in [3.63, 3.8) is 0 Å². The van der Waals surface area contributed by atoms with Gasteiger partial charge >= 0.3 is 0 Å². The van der Waals surface area contributed by atoms with Gasteiger partial charge in [0, 0.05) is 49.1 Å². The maximum absolute atomic E-state index is 12.9. The van der Waals surface area contributed by atoms with Gasteiger partial charge in [-0.05, 0) is 18.7 Å². The molecule has 0 aromatic carbocycles. The van der Waals surface area contributed by atoms with Crippen molar-refractivity contribution in [3.8, 4) is 0 Å². The zero-order valence-corrected chi connectivity index (χ0v) is 15.2. The SMILES string of the molecule is CSc1ncc(C(=O)N2C[C@H]3C[C@@H](C2)[C@H](CO)n2c3cccc2=O)cn1. The number of rotatable bonds is 3. The summed E-state index contributed by atoms with van der Waals surface area (Å²) in [6.07, 6.45) is 5.89. The summed E-state index contributed by atoms with van der Waals surface area (Å²) in [6, 6.07) is 4.91. The molecule has 136 valence electrons. The Hall–Kier alpha value is -2.19. The van der Waals surface area contributed by atoms with Crippen LogP contribution in [0.5, 0.6) is 0 Å². The molecule has 1 amide bonds. The van der Waals surface area contributed by atoms with Gasteiger partial charge in [-0.25, -0.2) is 9.97 Å². The summed E-state index contributed by atoms with van der Waals surface area (Å²) >= 11 is 1.43. The second-order valence-electron chi connectivity index (χ2n) is 6.77. The largest absolute Gasteiger partial charge is 0.394 e. The molecule has 4 rings (SSSR count). The Balaban J connectivity index is 1.65. The van der Waals surface area contributed by atoms with E-state index in [0.717, 1.165) is 12.1 Å². The zero-order chi connectivity index (χ0) is 18.3. The number of carbonyl (C=O) groups is 1. The van der Waals surface area contributed by atoms with Crippen molar-refractivity contribution in [1.29, 1.82) is 0 Å². The summed E-state index contributed by atoms with van der Waals surface area (Å²) in [5, 5.41) is 10.5. The number of thioether (sulfide) groups is 1. The van der Waals surface area contributed by atoms with Gasteiger partial charge in [0.25, 0.3) is 11.5 Å². The first kappa shape index (κ1) is 17.2. The normalized spacial score (nSPS) is 24.2. The van der Waals surface area contributed by atoms with E-state index in [4.69, 9.17) is 0 Å². The van der Waals surface area contributed by atoms with Crippen molar-refractivity contribution >= 4 is 17.7 Å². The molecule has 3 atom stereocenters. The van der Waals surface area contributed by atoms with Crippen LogP contribution in [0.1, 0.15) is 34.4 Å². The van der Waals surface area contributed by atoms with Gasteiger partial charge in [-0.3, -0.25) is 9.59 Å². The third-order valence-electron chi connectivity index (χ3n) is 5.33. The lowest BCUT2D eigenvalue weighted by molar-refractivity contribution is 0.0436. The molecular weight excluding hydrogens is 352 g/mol. The van der Waals surface area contributed by atoms with Crippen molar-refractivity contribution in [2.75, 3.05) is 26.0 Å². The van der Waals surface area contributed by atoms with Gasteiger partial charge in [0.1, 0.15) is 0 Å². The van der Waals surface area contributed by atoms with E-state index in [1.807, 2.05) is 12.3 Å². The average molecular weight is 372 g/mol. The number of amides is 1. The predicted molar refractivity (Wildman–Crippen MR) is 97.4 cm³/mol. The zero-order valence-electron chi connectivity index (χ0n) is 14.4. The van der Waals surface area contributed by atoms with Gasteiger partial charge < -0.3 is 14.6 Å². The lowest BCUT2D eigenvalue weighted by Crippen LogP contribution is -2.51. The Labute approximate surface area is 155 Å². The van der Waals surface area contributed by atoms with Gasteiger partial charge in [0.15, 0.2) is 5.16 Å². The molecule has 0 unspecified atom stereocenters. The lowest BCUT2D eigenvalue weighted by Gasteiger charge is -2.46. The minimum atomic E-state index is -0.291. The third kappa shape index (κ3) is 2.83. The first-order valence-corrected chi connectivity index (χ1v) is 9.82. The van der Waals surface area contributed by atoms with Gasteiger partial charge in [-0.1, -0.05) is 17.8 Å². The lowest BCUT2D eigenvalue weighted by atomic mass is 9.78. The second kappa shape index (κ2) is 6.85. The number of fused-ring (bicyclic) bond motifs is 4. The topological polar surface area (TPSA) is 88.3 Å². The molecular formula is C18H20N4O3S. The monoisotopic (exact) mass is 372 g/mol. The van der Waals surface area contributed by atoms with Crippen LogP contribution in [-0.2, 0) is 0 Å². The molecule has 2 aliphatic rings. The number of hydrogen-bond acceptors (Lipinski definition) is 6. The number of piperidine rings is 1. The first-order chi connectivity index (χ1) is 12.6. The van der Waals surface area contributed by atoms with E-state index in [-0.39, 0.29) is 36.0 Å². The highest BCUT2D eigenvalue weighted by molar-refractivity contribution is 7.98. The summed E-state index contributed by atoms with van der Waals surface area (Å²) in [5.74, 6) is 0.0539. The van der Waals surface area contributed by atoms with E-state index in [9.17, 15) is 14.7 Å². The standard InChI is InChI=1S/C18H20N4O3S/c1-26-18-19-6-13(7-20-18)17(25)21-8-11-5-12(9-21)15(10-23)22-14(11)3-2-4-16(22)24/h2-4,6-7,11-12,15,23H,5,8-10H2,1H3/t11-,12+,15+/m1/s1. The van der Waals surface area contributed by atoms with Crippen molar-refractivity contribution in [1.82, 2.24) is 19.4 Å². The van der Waals surface area contributed by atoms with E-state index in [0.29, 0.717) is 23.8 Å². The summed E-state index contributed by atoms with van der Waals surface area (Å²) < 4.78 is 1.72. The van der Waals surface area contributed by atoms with Crippen molar-refractivity contribution in [2.45, 2.75) is 23.5 Å². The molecule has 0 aliphatic carbocycles. The van der Waals surface area contributed by atoms with Crippen LogP contribution < -0.4 is 5.56 Å². The van der Waals surface area contributed by atoms with Gasteiger partial charge in [-0.15, -0.1) is 0 Å². The number of hydrogen-bond donors (Lipinski definition) is 1. The number of nitrogens with zero attached hydrogens (tertiary/aromatic N) is 4. The summed E-state index contributed by atoms with van der Waals surface area (Å²) in [5.41, 5.74) is 1.28. The molecule has 2 aromatic rings. The highest BCUT2D eigenvalue weighted by Crippen LogP contribution is 2.41. The molecule has 1 N–H and O–H groups in total. The molecule has 1 saturated heterocycles. The van der Waals surface area contributed by atoms with Crippen LogP contribution in [0.3, 0.4) is 0 Å². The van der Waals surface area contributed by atoms with Gasteiger partial charge in [0.05, 0.1) is 18.2 Å². The molecule has 0 radical (unpaired) electrons. The van der Waals surface area contributed by atoms with Crippen molar-refractivity contribution < 1.29 is 9.90 Å². The molecule has 1 fully saturated rings. The number of aliphatic hydroxyl groups excluding tert-OH is 1. The maximum Gasteiger partial charge on any atom is 0.257 e. The molecule has 26 heavy (non-hydrogen) atoms. The fourth-order valence-corrected chi connectivity index (χ4v) is 4.47. The molecule has 4 heterocycles. The smallest absolute Gasteiger partial charge is 0.257 e.